The Bertz CT molecular complexity index is 304. The van der Waals surface area contributed by atoms with E-state index in [1.54, 1.807) is 19.1 Å². The molecular weight excluding hydrogens is 144 g/mol. The van der Waals surface area contributed by atoms with Gasteiger partial charge in [0.05, 0.1) is 0 Å². The molecule has 60 valence electrons. The van der Waals surface area contributed by atoms with Gasteiger partial charge in [-0.1, -0.05) is 0 Å². The van der Waals surface area contributed by atoms with E-state index in [0.717, 1.165) is 0 Å². The molecule has 0 saturated heterocycles. The van der Waals surface area contributed by atoms with Gasteiger partial charge in [0.25, 0.3) is 5.56 Å². The van der Waals surface area contributed by atoms with E-state index in [1.165, 1.54) is 23.0 Å². The number of rotatable bonds is 1. The van der Waals surface area contributed by atoms with Gasteiger partial charge in [0.15, 0.2) is 0 Å². The van der Waals surface area contributed by atoms with E-state index < -0.39 is 0 Å². The van der Waals surface area contributed by atoms with Crippen LogP contribution >= 0.6 is 0 Å². The lowest BCUT2D eigenvalue weighted by molar-refractivity contribution is 0.471. The zero-order valence-electron chi connectivity index (χ0n) is 6.48. The van der Waals surface area contributed by atoms with Crippen molar-refractivity contribution in [2.24, 2.45) is 0 Å². The molecule has 0 aliphatic heterocycles. The summed E-state index contributed by atoms with van der Waals surface area (Å²) in [4.78, 5) is 11.0. The fraction of sp³-hybridized carbons (Fsp3) is 0.286. The Labute approximate surface area is 64.3 Å². The van der Waals surface area contributed by atoms with Gasteiger partial charge in [-0.15, -0.1) is 0 Å². The third-order valence-electron chi connectivity index (χ3n) is 1.31. The van der Waals surface area contributed by atoms with Gasteiger partial charge in [-0.25, -0.2) is 4.68 Å². The number of aromatic hydroxyl groups is 1. The molecule has 1 rings (SSSR count). The van der Waals surface area contributed by atoms with Crippen molar-refractivity contribution in [3.63, 3.8) is 0 Å². The van der Waals surface area contributed by atoms with E-state index in [-0.39, 0.29) is 11.3 Å². The van der Waals surface area contributed by atoms with Gasteiger partial charge < -0.3 is 10.1 Å². The highest BCUT2D eigenvalue weighted by molar-refractivity contribution is 5.16. The van der Waals surface area contributed by atoms with Gasteiger partial charge in [-0.2, -0.15) is 0 Å². The average Bonchev–Trinajstić information content (AvgIpc) is 1.85. The van der Waals surface area contributed by atoms with Crippen molar-refractivity contribution >= 4 is 0 Å². The Hall–Kier alpha value is -1.45. The minimum Gasteiger partial charge on any atom is -0.508 e. The van der Waals surface area contributed by atoms with Crippen LogP contribution in [-0.4, -0.2) is 23.9 Å². The van der Waals surface area contributed by atoms with Gasteiger partial charge in [0.1, 0.15) is 5.75 Å². The molecule has 0 bridgehead atoms. The summed E-state index contributed by atoms with van der Waals surface area (Å²) in [6, 6.07) is 2.63. The number of hydrogen-bond donors (Lipinski definition) is 1. The Kier molecular flexibility index (Phi) is 1.85. The van der Waals surface area contributed by atoms with Crippen molar-refractivity contribution in [3.8, 4) is 5.75 Å². The zero-order chi connectivity index (χ0) is 8.43. The Balaban J connectivity index is 3.21. The Morgan fingerprint density at radius 3 is 2.64 bits per heavy atom. The Morgan fingerprint density at radius 1 is 1.55 bits per heavy atom. The van der Waals surface area contributed by atoms with Gasteiger partial charge in [0, 0.05) is 26.4 Å². The second-order valence-corrected chi connectivity index (χ2v) is 2.41. The maximum absolute atomic E-state index is 11.0. The largest absolute Gasteiger partial charge is 0.508 e. The number of hydrogen-bond acceptors (Lipinski definition) is 3. The summed E-state index contributed by atoms with van der Waals surface area (Å²) in [7, 11) is 3.50. The second kappa shape index (κ2) is 2.65. The summed E-state index contributed by atoms with van der Waals surface area (Å²) in [5.74, 6) is -0.00639. The highest BCUT2D eigenvalue weighted by Gasteiger charge is 1.96. The van der Waals surface area contributed by atoms with Crippen LogP contribution in [0.2, 0.25) is 0 Å². The maximum atomic E-state index is 11.0. The lowest BCUT2D eigenvalue weighted by Gasteiger charge is -2.14. The van der Waals surface area contributed by atoms with Gasteiger partial charge in [-0.3, -0.25) is 4.79 Å². The molecule has 4 heteroatoms. The molecule has 1 aromatic rings. The summed E-state index contributed by atoms with van der Waals surface area (Å²) < 4.78 is 1.39. The first kappa shape index (κ1) is 7.65. The minimum atomic E-state index is -0.241. The van der Waals surface area contributed by atoms with Crippen LogP contribution in [0.1, 0.15) is 0 Å². The first-order valence-corrected chi connectivity index (χ1v) is 3.20. The van der Waals surface area contributed by atoms with Crippen LogP contribution in [0.15, 0.2) is 23.1 Å². The highest BCUT2D eigenvalue weighted by atomic mass is 16.3. The van der Waals surface area contributed by atoms with Crippen molar-refractivity contribution in [2.75, 3.05) is 19.1 Å². The molecule has 0 radical (unpaired) electrons. The molecule has 0 spiro atoms. The molecule has 1 N–H and O–H groups in total. The smallest absolute Gasteiger partial charge is 0.272 e. The van der Waals surface area contributed by atoms with E-state index in [1.807, 2.05) is 0 Å². The predicted octanol–water partition coefficient (Wildman–Crippen LogP) is -0.249. The van der Waals surface area contributed by atoms with Crippen LogP contribution in [0.25, 0.3) is 0 Å². The van der Waals surface area contributed by atoms with E-state index in [0.29, 0.717) is 0 Å². The highest BCUT2D eigenvalue weighted by Crippen LogP contribution is 1.99. The first-order chi connectivity index (χ1) is 5.11. The summed E-state index contributed by atoms with van der Waals surface area (Å²) in [5, 5.41) is 10.5. The molecule has 0 aliphatic carbocycles. The second-order valence-electron chi connectivity index (χ2n) is 2.41. The third kappa shape index (κ3) is 1.52. The van der Waals surface area contributed by atoms with Crippen molar-refractivity contribution in [1.29, 1.82) is 0 Å². The van der Waals surface area contributed by atoms with E-state index in [4.69, 9.17) is 5.11 Å². The van der Waals surface area contributed by atoms with Crippen LogP contribution in [0, 0.1) is 0 Å². The molecule has 4 nitrogen and oxygen atoms in total. The molecule has 0 aromatic carbocycles. The molecule has 0 aliphatic rings. The van der Waals surface area contributed by atoms with Gasteiger partial charge in [0.2, 0.25) is 0 Å². The maximum Gasteiger partial charge on any atom is 0.272 e. The number of pyridine rings is 1. The van der Waals surface area contributed by atoms with Gasteiger partial charge >= 0.3 is 0 Å². The van der Waals surface area contributed by atoms with Crippen LogP contribution in [-0.2, 0) is 0 Å². The minimum absolute atomic E-state index is 0.00639. The standard InChI is InChI=1S/C7H10N2O2/c1-8(2)9-4-3-6(10)5-7(9)11/h3-5,10H,1-2H3. The molecular formula is C7H10N2O2. The lowest BCUT2D eigenvalue weighted by Crippen LogP contribution is -2.34. The SMILES string of the molecule is CN(C)n1ccc(O)cc1=O. The monoisotopic (exact) mass is 154 g/mol. The molecule has 0 amide bonds. The molecule has 11 heavy (non-hydrogen) atoms. The quantitative estimate of drug-likeness (QED) is 0.606. The lowest BCUT2D eigenvalue weighted by atomic mass is 10.4. The molecule has 0 unspecified atom stereocenters. The van der Waals surface area contributed by atoms with Crippen molar-refractivity contribution in [2.45, 2.75) is 0 Å². The zero-order valence-corrected chi connectivity index (χ0v) is 6.48. The Morgan fingerprint density at radius 2 is 2.18 bits per heavy atom. The molecule has 0 atom stereocenters. The van der Waals surface area contributed by atoms with E-state index >= 15 is 0 Å². The predicted molar refractivity (Wildman–Crippen MR) is 42.4 cm³/mol. The van der Waals surface area contributed by atoms with E-state index in [9.17, 15) is 4.79 Å². The molecule has 0 fully saturated rings. The molecule has 1 aromatic heterocycles. The molecule has 0 saturated carbocycles. The van der Waals surface area contributed by atoms with E-state index in [2.05, 4.69) is 0 Å². The third-order valence-corrected chi connectivity index (χ3v) is 1.31. The fourth-order valence-corrected chi connectivity index (χ4v) is 0.792. The summed E-state index contributed by atoms with van der Waals surface area (Å²) in [6.45, 7) is 0. The van der Waals surface area contributed by atoms with Crippen molar-refractivity contribution < 1.29 is 5.11 Å². The normalized spacial score (nSPS) is 9.64. The van der Waals surface area contributed by atoms with Crippen molar-refractivity contribution in [3.05, 3.63) is 28.7 Å². The summed E-state index contributed by atoms with van der Waals surface area (Å²) >= 11 is 0. The van der Waals surface area contributed by atoms with Gasteiger partial charge in [-0.05, 0) is 6.07 Å². The molecule has 1 heterocycles. The first-order valence-electron chi connectivity index (χ1n) is 3.20. The number of nitrogens with zero attached hydrogens (tertiary/aromatic N) is 2. The topological polar surface area (TPSA) is 45.5 Å². The fourth-order valence-electron chi connectivity index (χ4n) is 0.792. The van der Waals surface area contributed by atoms with Crippen molar-refractivity contribution in [1.82, 2.24) is 4.68 Å². The summed E-state index contributed by atoms with van der Waals surface area (Å²) in [6.07, 6.45) is 1.51. The van der Waals surface area contributed by atoms with Crippen LogP contribution < -0.4 is 10.6 Å². The van der Waals surface area contributed by atoms with Crippen LogP contribution in [0.5, 0.6) is 5.75 Å². The van der Waals surface area contributed by atoms with Crippen LogP contribution in [0.4, 0.5) is 0 Å². The summed E-state index contributed by atoms with van der Waals surface area (Å²) in [5.41, 5.74) is -0.241. The average molecular weight is 154 g/mol. The number of aromatic nitrogens is 1. The van der Waals surface area contributed by atoms with Crippen LogP contribution in [0.3, 0.4) is 0 Å².